The van der Waals surface area contributed by atoms with Crippen LogP contribution in [-0.4, -0.2) is 16.8 Å². The van der Waals surface area contributed by atoms with Crippen molar-refractivity contribution in [2.45, 2.75) is 77.7 Å². The van der Waals surface area contributed by atoms with Gasteiger partial charge in [0.15, 0.2) is 0 Å². The highest BCUT2D eigenvalue weighted by atomic mass is 79.9. The zero-order chi connectivity index (χ0) is 14.3. The Bertz CT molecular complexity index is 270. The zero-order valence-corrected chi connectivity index (χ0v) is 14.4. The first-order valence-corrected chi connectivity index (χ1v) is 8.98. The molecule has 1 fully saturated rings. The van der Waals surface area contributed by atoms with Crippen molar-refractivity contribution in [3.63, 3.8) is 0 Å². The van der Waals surface area contributed by atoms with E-state index in [4.69, 9.17) is 0 Å². The molecular weight excluding hydrogens is 302 g/mol. The Morgan fingerprint density at radius 2 is 1.89 bits per heavy atom. The highest BCUT2D eigenvalue weighted by Gasteiger charge is 2.29. The lowest BCUT2D eigenvalue weighted by atomic mass is 9.79. The molecule has 19 heavy (non-hydrogen) atoms. The van der Waals surface area contributed by atoms with Crippen molar-refractivity contribution in [3.8, 4) is 0 Å². The fourth-order valence-corrected chi connectivity index (χ4v) is 3.93. The van der Waals surface area contributed by atoms with Crippen LogP contribution >= 0.6 is 15.9 Å². The molecule has 1 aliphatic carbocycles. The summed E-state index contributed by atoms with van der Waals surface area (Å²) in [7, 11) is 0. The number of carbonyl (C=O) groups is 1. The molecular formula is C16H30BrNO. The Kier molecular flexibility index (Phi) is 7.41. The fraction of sp³-hybridized carbons (Fsp3) is 0.938. The minimum atomic E-state index is -0.0837. The molecule has 0 atom stereocenters. The molecule has 0 unspecified atom stereocenters. The smallest absolute Gasteiger partial charge is 0.223 e. The number of nitrogens with one attached hydrogen (secondary N) is 1. The molecule has 2 nitrogen and oxygen atoms in total. The summed E-state index contributed by atoms with van der Waals surface area (Å²) in [5.41, 5.74) is -0.0837. The Morgan fingerprint density at radius 1 is 1.26 bits per heavy atom. The van der Waals surface area contributed by atoms with Gasteiger partial charge in [0.2, 0.25) is 5.91 Å². The highest BCUT2D eigenvalue weighted by molar-refractivity contribution is 9.09. The molecule has 0 saturated heterocycles. The summed E-state index contributed by atoms with van der Waals surface area (Å²) in [5, 5.41) is 4.15. The Balaban J connectivity index is 2.32. The van der Waals surface area contributed by atoms with E-state index in [9.17, 15) is 4.79 Å². The van der Waals surface area contributed by atoms with E-state index >= 15 is 0 Å². The van der Waals surface area contributed by atoms with E-state index in [2.05, 4.69) is 42.0 Å². The maximum atomic E-state index is 12.3. The van der Waals surface area contributed by atoms with Gasteiger partial charge in [0.05, 0.1) is 0 Å². The quantitative estimate of drug-likeness (QED) is 0.675. The Morgan fingerprint density at radius 3 is 2.42 bits per heavy atom. The molecule has 112 valence electrons. The summed E-state index contributed by atoms with van der Waals surface area (Å²) in [6.45, 7) is 6.48. The number of halogens is 1. The van der Waals surface area contributed by atoms with E-state index in [-0.39, 0.29) is 17.4 Å². The number of hydrogen-bond acceptors (Lipinski definition) is 1. The van der Waals surface area contributed by atoms with E-state index in [1.54, 1.807) is 0 Å². The van der Waals surface area contributed by atoms with Crippen molar-refractivity contribution in [1.29, 1.82) is 0 Å². The number of carbonyl (C=O) groups excluding carboxylic acids is 1. The molecule has 1 rings (SSSR count). The number of amides is 1. The lowest BCUT2D eigenvalue weighted by Gasteiger charge is -2.32. The van der Waals surface area contributed by atoms with Crippen LogP contribution in [-0.2, 0) is 4.79 Å². The summed E-state index contributed by atoms with van der Waals surface area (Å²) < 4.78 is 0. The predicted molar refractivity (Wildman–Crippen MR) is 85.6 cm³/mol. The van der Waals surface area contributed by atoms with Gasteiger partial charge in [0.1, 0.15) is 0 Å². The van der Waals surface area contributed by atoms with E-state index in [1.165, 1.54) is 32.1 Å². The normalized spacial score (nSPS) is 24.2. The average Bonchev–Trinajstić information content (AvgIpc) is 2.36. The summed E-state index contributed by atoms with van der Waals surface area (Å²) >= 11 is 3.45. The van der Waals surface area contributed by atoms with E-state index in [0.717, 1.165) is 30.5 Å². The topological polar surface area (TPSA) is 29.1 Å². The molecule has 0 aliphatic heterocycles. The fourth-order valence-electron chi connectivity index (χ4n) is 2.94. The molecule has 1 aliphatic rings. The Hall–Kier alpha value is -0.0500. The van der Waals surface area contributed by atoms with Gasteiger partial charge in [-0.25, -0.2) is 0 Å². The molecule has 0 radical (unpaired) electrons. The maximum absolute atomic E-state index is 12.3. The van der Waals surface area contributed by atoms with E-state index in [0.29, 0.717) is 0 Å². The lowest BCUT2D eigenvalue weighted by Crippen LogP contribution is -2.47. The molecule has 3 heteroatoms. The zero-order valence-electron chi connectivity index (χ0n) is 12.8. The third kappa shape index (κ3) is 6.29. The third-order valence-corrected chi connectivity index (χ3v) is 4.76. The monoisotopic (exact) mass is 331 g/mol. The van der Waals surface area contributed by atoms with Crippen LogP contribution in [0.1, 0.15) is 72.1 Å². The van der Waals surface area contributed by atoms with Crippen LogP contribution < -0.4 is 5.32 Å². The standard InChI is InChI=1S/C16H30BrNO/c1-4-5-6-13-7-9-14(10-8-13)15(19)18-16(2,3)11-12-17/h13-14H,4-12H2,1-3H3,(H,18,19). The maximum Gasteiger partial charge on any atom is 0.223 e. The number of hydrogen-bond donors (Lipinski definition) is 1. The minimum absolute atomic E-state index is 0.0837. The van der Waals surface area contributed by atoms with Crippen molar-refractivity contribution < 1.29 is 4.79 Å². The van der Waals surface area contributed by atoms with Crippen molar-refractivity contribution in [3.05, 3.63) is 0 Å². The summed E-state index contributed by atoms with van der Waals surface area (Å²) in [4.78, 5) is 12.3. The van der Waals surface area contributed by atoms with Gasteiger partial charge >= 0.3 is 0 Å². The van der Waals surface area contributed by atoms with Gasteiger partial charge in [-0.3, -0.25) is 4.79 Å². The lowest BCUT2D eigenvalue weighted by molar-refractivity contribution is -0.127. The van der Waals surface area contributed by atoms with Gasteiger partial charge in [0.25, 0.3) is 0 Å². The van der Waals surface area contributed by atoms with Crippen molar-refractivity contribution in [2.24, 2.45) is 11.8 Å². The molecule has 0 spiro atoms. The van der Waals surface area contributed by atoms with Crippen LogP contribution in [0.5, 0.6) is 0 Å². The van der Waals surface area contributed by atoms with E-state index < -0.39 is 0 Å². The van der Waals surface area contributed by atoms with Crippen molar-refractivity contribution in [1.82, 2.24) is 5.32 Å². The van der Waals surface area contributed by atoms with Crippen molar-refractivity contribution in [2.75, 3.05) is 5.33 Å². The van der Waals surface area contributed by atoms with Gasteiger partial charge < -0.3 is 5.32 Å². The summed E-state index contributed by atoms with van der Waals surface area (Å²) in [6.07, 6.45) is 9.65. The third-order valence-electron chi connectivity index (χ3n) is 4.36. The first kappa shape index (κ1) is 17.0. The SMILES string of the molecule is CCCCC1CCC(C(=O)NC(C)(C)CCBr)CC1. The second-order valence-electron chi connectivity index (χ2n) is 6.67. The van der Waals surface area contributed by atoms with Crippen LogP contribution in [0.2, 0.25) is 0 Å². The number of rotatable bonds is 7. The molecule has 1 N–H and O–H groups in total. The second kappa shape index (κ2) is 8.28. The molecule has 1 saturated carbocycles. The summed E-state index contributed by atoms with van der Waals surface area (Å²) in [5.74, 6) is 1.41. The number of alkyl halides is 1. The molecule has 0 bridgehead atoms. The molecule has 1 amide bonds. The van der Waals surface area contributed by atoms with Crippen LogP contribution in [0.25, 0.3) is 0 Å². The first-order valence-electron chi connectivity index (χ1n) is 7.86. The van der Waals surface area contributed by atoms with Crippen molar-refractivity contribution >= 4 is 21.8 Å². The minimum Gasteiger partial charge on any atom is -0.351 e. The number of unbranched alkanes of at least 4 members (excludes halogenated alkanes) is 1. The molecule has 0 aromatic heterocycles. The summed E-state index contributed by atoms with van der Waals surface area (Å²) in [6, 6.07) is 0. The van der Waals surface area contributed by atoms with Crippen LogP contribution in [0.3, 0.4) is 0 Å². The van der Waals surface area contributed by atoms with Gasteiger partial charge in [0, 0.05) is 16.8 Å². The largest absolute Gasteiger partial charge is 0.351 e. The van der Waals surface area contributed by atoms with Gasteiger partial charge in [-0.2, -0.15) is 0 Å². The Labute approximate surface area is 127 Å². The van der Waals surface area contributed by atoms with E-state index in [1.807, 2.05) is 0 Å². The van der Waals surface area contributed by atoms with Crippen LogP contribution in [0, 0.1) is 11.8 Å². The molecule has 0 aromatic carbocycles. The van der Waals surface area contributed by atoms with Gasteiger partial charge in [-0.15, -0.1) is 0 Å². The molecule has 0 aromatic rings. The first-order chi connectivity index (χ1) is 8.98. The predicted octanol–water partition coefficient (Wildman–Crippen LogP) is 4.66. The average molecular weight is 332 g/mol. The van der Waals surface area contributed by atoms with Gasteiger partial charge in [-0.1, -0.05) is 42.1 Å². The highest BCUT2D eigenvalue weighted by Crippen LogP contribution is 2.32. The van der Waals surface area contributed by atoms with Crippen LogP contribution in [0.4, 0.5) is 0 Å². The second-order valence-corrected chi connectivity index (χ2v) is 7.46. The molecule has 0 heterocycles. The van der Waals surface area contributed by atoms with Crippen LogP contribution in [0.15, 0.2) is 0 Å². The van der Waals surface area contributed by atoms with Gasteiger partial charge in [-0.05, 0) is 51.9 Å².